The van der Waals surface area contributed by atoms with Gasteiger partial charge in [-0.05, 0) is 27.2 Å². The highest BCUT2D eigenvalue weighted by Gasteiger charge is 2.95. The van der Waals surface area contributed by atoms with Crippen molar-refractivity contribution in [3.63, 3.8) is 0 Å². The number of carbonyl (C=O) groups is 1. The normalized spacial score (nSPS) is 15.2. The van der Waals surface area contributed by atoms with Crippen LogP contribution in [0.5, 0.6) is 0 Å². The van der Waals surface area contributed by atoms with Crippen LogP contribution in [-0.4, -0.2) is 88.7 Å². The Kier molecular flexibility index (Phi) is 13.3. The zero-order chi connectivity index (χ0) is 34.6. The summed E-state index contributed by atoms with van der Waals surface area (Å²) in [4.78, 5) is 11.7. The van der Waals surface area contributed by atoms with Crippen LogP contribution in [-0.2, 0) is 18.1 Å². The van der Waals surface area contributed by atoms with Gasteiger partial charge in [-0.2, -0.15) is 74.6 Å². The van der Waals surface area contributed by atoms with Gasteiger partial charge in [0, 0.05) is 45.3 Å². The molecule has 0 radical (unpaired) electrons. The van der Waals surface area contributed by atoms with Crippen molar-refractivity contribution in [2.45, 2.75) is 93.7 Å². The van der Waals surface area contributed by atoms with Crippen LogP contribution in [0.25, 0.3) is 0 Å². The Labute approximate surface area is 233 Å². The second-order valence-corrected chi connectivity index (χ2v) is 11.3. The smallest absolute Gasteiger partial charge is 0.374 e. The minimum Gasteiger partial charge on any atom is -0.374 e. The number of carbonyl (C=O) groups excluding carboxylic acids is 1. The summed E-state index contributed by atoms with van der Waals surface area (Å²) in [7, 11) is -3.28. The van der Waals surface area contributed by atoms with Gasteiger partial charge in [0.1, 0.15) is 0 Å². The van der Waals surface area contributed by atoms with Crippen molar-refractivity contribution >= 4 is 14.7 Å². The zero-order valence-corrected chi connectivity index (χ0v) is 23.2. The maximum Gasteiger partial charge on any atom is 0.500 e. The van der Waals surface area contributed by atoms with E-state index in [-0.39, 0.29) is 32.3 Å². The van der Waals surface area contributed by atoms with E-state index in [0.29, 0.717) is 0 Å². The molecule has 0 saturated heterocycles. The number of alkyl halides is 17. The van der Waals surface area contributed by atoms with Crippen LogP contribution in [0, 0.1) is 0 Å². The fourth-order valence-electron chi connectivity index (χ4n) is 3.25. The molecule has 0 aliphatic heterocycles. The van der Waals surface area contributed by atoms with Crippen LogP contribution in [0.15, 0.2) is 0 Å². The number of rotatable bonds is 19. The quantitative estimate of drug-likeness (QED) is 0.0874. The van der Waals surface area contributed by atoms with Crippen LogP contribution in [0.2, 0.25) is 6.04 Å². The van der Waals surface area contributed by atoms with E-state index in [4.69, 9.17) is 13.3 Å². The van der Waals surface area contributed by atoms with Crippen molar-refractivity contribution in [1.29, 1.82) is 0 Å². The van der Waals surface area contributed by atoms with Crippen molar-refractivity contribution in [3.05, 3.63) is 0 Å². The third kappa shape index (κ3) is 7.79. The van der Waals surface area contributed by atoms with Crippen molar-refractivity contribution < 1.29 is 92.7 Å². The molecule has 0 rings (SSSR count). The van der Waals surface area contributed by atoms with E-state index in [9.17, 15) is 79.4 Å². The van der Waals surface area contributed by atoms with Gasteiger partial charge in [0.15, 0.2) is 0 Å². The molecule has 23 heteroatoms. The van der Waals surface area contributed by atoms with Gasteiger partial charge in [-0.15, -0.1) is 0 Å². The maximum atomic E-state index is 13.9. The van der Waals surface area contributed by atoms with Gasteiger partial charge < -0.3 is 18.6 Å². The molecule has 0 aliphatic carbocycles. The molecule has 0 aliphatic rings. The fraction of sp³-hybridized carbons (Fsp3) is 0.950. The first-order chi connectivity index (χ1) is 19.0. The molecule has 258 valence electrons. The lowest BCUT2D eigenvalue weighted by molar-refractivity contribution is -0.461. The Hall–Kier alpha value is -1.62. The lowest BCUT2D eigenvalue weighted by atomic mass is 9.88. The Morgan fingerprint density at radius 2 is 0.930 bits per heavy atom. The molecule has 0 unspecified atom stereocenters. The van der Waals surface area contributed by atoms with Crippen LogP contribution >= 0.6 is 0 Å². The molecule has 0 heterocycles. The van der Waals surface area contributed by atoms with E-state index in [2.05, 4.69) is 0 Å². The molecule has 0 spiro atoms. The average Bonchev–Trinajstić information content (AvgIpc) is 2.84. The van der Waals surface area contributed by atoms with Gasteiger partial charge >= 0.3 is 56.4 Å². The molecular formula is C20H26F17NO4Si. The Bertz CT molecular complexity index is 897. The Morgan fingerprint density at radius 1 is 0.581 bits per heavy atom. The molecule has 0 atom stereocenters. The highest BCUT2D eigenvalue weighted by molar-refractivity contribution is 6.60. The summed E-state index contributed by atoms with van der Waals surface area (Å²) in [5.74, 6) is -58.6. The molecule has 0 bridgehead atoms. The molecule has 5 nitrogen and oxygen atoms in total. The molecule has 1 amide bonds. The number of amides is 1. The van der Waals surface area contributed by atoms with Gasteiger partial charge in [0.05, 0.1) is 0 Å². The Morgan fingerprint density at radius 3 is 1.28 bits per heavy atom. The zero-order valence-electron chi connectivity index (χ0n) is 22.2. The molecular weight excluding hydrogens is 669 g/mol. The number of halogens is 17. The third-order valence-electron chi connectivity index (χ3n) is 5.53. The minimum absolute atomic E-state index is 0.00453. The molecule has 0 aromatic rings. The topological polar surface area (TPSA) is 56.8 Å². The predicted octanol–water partition coefficient (Wildman–Crippen LogP) is 7.33. The standard InChI is InChI=1S/C20H26F17NO4Si/c1-4-40-43(41-5-2,42-6-3)11-7-10-38-12(39)8-9-13(21,22)14(23,24)15(25,26)16(27,28)17(29,30)18(31,32)19(33,34)20(35,36)37/h4-11H2,1-3H3,(H,38,39). The average molecular weight is 695 g/mol. The van der Waals surface area contributed by atoms with Crippen molar-refractivity contribution in [2.75, 3.05) is 26.4 Å². The summed E-state index contributed by atoms with van der Waals surface area (Å²) in [6, 6.07) is 0.00453. The van der Waals surface area contributed by atoms with E-state index in [1.165, 1.54) is 0 Å². The van der Waals surface area contributed by atoms with Gasteiger partial charge in [-0.3, -0.25) is 4.79 Å². The highest BCUT2D eigenvalue weighted by Crippen LogP contribution is 2.64. The second-order valence-electron chi connectivity index (χ2n) is 8.58. The van der Waals surface area contributed by atoms with Gasteiger partial charge in [0.25, 0.3) is 0 Å². The predicted molar refractivity (Wildman–Crippen MR) is 113 cm³/mol. The van der Waals surface area contributed by atoms with E-state index in [0.717, 1.165) is 0 Å². The Balaban J connectivity index is 5.78. The van der Waals surface area contributed by atoms with E-state index >= 15 is 0 Å². The van der Waals surface area contributed by atoms with E-state index in [1.807, 2.05) is 5.32 Å². The third-order valence-corrected chi connectivity index (χ3v) is 8.68. The maximum absolute atomic E-state index is 13.9. The molecule has 0 saturated carbocycles. The molecule has 0 aromatic carbocycles. The van der Waals surface area contributed by atoms with Crippen molar-refractivity contribution in [2.24, 2.45) is 0 Å². The fourth-order valence-corrected chi connectivity index (χ4v) is 5.86. The van der Waals surface area contributed by atoms with Gasteiger partial charge in [-0.25, -0.2) is 0 Å². The van der Waals surface area contributed by atoms with Crippen molar-refractivity contribution in [3.8, 4) is 0 Å². The molecule has 0 aromatic heterocycles. The highest BCUT2D eigenvalue weighted by atomic mass is 28.4. The van der Waals surface area contributed by atoms with Crippen molar-refractivity contribution in [1.82, 2.24) is 5.32 Å². The number of hydrogen-bond acceptors (Lipinski definition) is 4. The van der Waals surface area contributed by atoms with E-state index < -0.39 is 81.7 Å². The number of hydrogen-bond donors (Lipinski definition) is 1. The summed E-state index contributed by atoms with van der Waals surface area (Å²) in [6.45, 7) is 4.69. The first-order valence-electron chi connectivity index (χ1n) is 11.9. The SMILES string of the molecule is CCO[Si](CCCNC(=O)CCC(F)(F)C(F)(F)C(F)(F)C(F)(F)C(F)(F)C(F)(F)C(F)(F)C(F)(F)F)(OCC)OCC. The minimum atomic E-state index is -8.69. The largest absolute Gasteiger partial charge is 0.500 e. The van der Waals surface area contributed by atoms with Crippen LogP contribution < -0.4 is 5.32 Å². The number of nitrogens with one attached hydrogen (secondary N) is 1. The summed E-state index contributed by atoms with van der Waals surface area (Å²) >= 11 is 0. The molecule has 1 N–H and O–H groups in total. The van der Waals surface area contributed by atoms with Crippen LogP contribution in [0.1, 0.15) is 40.0 Å². The van der Waals surface area contributed by atoms with Crippen LogP contribution in [0.4, 0.5) is 74.6 Å². The lowest BCUT2D eigenvalue weighted by Crippen LogP contribution is -2.74. The van der Waals surface area contributed by atoms with E-state index in [1.54, 1.807) is 20.8 Å². The summed E-state index contributed by atoms with van der Waals surface area (Å²) in [6.07, 6.45) is -12.6. The first kappa shape index (κ1) is 41.4. The summed E-state index contributed by atoms with van der Waals surface area (Å²) in [5.41, 5.74) is 0. The molecule has 43 heavy (non-hydrogen) atoms. The van der Waals surface area contributed by atoms with Gasteiger partial charge in [-0.1, -0.05) is 0 Å². The summed E-state index contributed by atoms with van der Waals surface area (Å²) < 4.78 is 243. The monoisotopic (exact) mass is 695 g/mol. The summed E-state index contributed by atoms with van der Waals surface area (Å²) in [5, 5.41) is 1.84. The second kappa shape index (κ2) is 13.8. The lowest BCUT2D eigenvalue weighted by Gasteiger charge is -2.42. The molecule has 0 fully saturated rings. The van der Waals surface area contributed by atoms with Gasteiger partial charge in [0.2, 0.25) is 5.91 Å². The first-order valence-corrected chi connectivity index (χ1v) is 13.9. The van der Waals surface area contributed by atoms with Crippen LogP contribution in [0.3, 0.4) is 0 Å².